The first-order valence-corrected chi connectivity index (χ1v) is 6.12. The van der Waals surface area contributed by atoms with Gasteiger partial charge in [0.2, 0.25) is 0 Å². The molecule has 0 atom stereocenters. The van der Waals surface area contributed by atoms with Gasteiger partial charge >= 0.3 is 5.97 Å². The van der Waals surface area contributed by atoms with Crippen LogP contribution in [0.3, 0.4) is 0 Å². The van der Waals surface area contributed by atoms with Gasteiger partial charge < -0.3 is 9.47 Å². The molecule has 1 aromatic heterocycles. The summed E-state index contributed by atoms with van der Waals surface area (Å²) in [5.74, 6) is 0.216. The Morgan fingerprint density at radius 3 is 2.75 bits per heavy atom. The molecule has 0 radical (unpaired) electrons. The van der Waals surface area contributed by atoms with Gasteiger partial charge in [0.15, 0.2) is 10.6 Å². The molecule has 0 bridgehead atoms. The third kappa shape index (κ3) is 1.81. The number of hydrogen-bond donors (Lipinski definition) is 0. The van der Waals surface area contributed by atoms with Crippen molar-refractivity contribution in [2.75, 3.05) is 14.2 Å². The minimum absolute atomic E-state index is 0.367. The van der Waals surface area contributed by atoms with Gasteiger partial charge in [-0.15, -0.1) is 11.3 Å². The van der Waals surface area contributed by atoms with Crippen molar-refractivity contribution in [1.82, 2.24) is 0 Å². The minimum atomic E-state index is -0.367. The van der Waals surface area contributed by atoms with Crippen molar-refractivity contribution in [3.05, 3.63) is 27.5 Å². The van der Waals surface area contributed by atoms with E-state index in [0.29, 0.717) is 10.6 Å². The molecule has 0 aliphatic carbocycles. The molecule has 1 aromatic carbocycles. The molecule has 84 valence electrons. The Bertz CT molecular complexity index is 547. The molecule has 5 heteroatoms. The van der Waals surface area contributed by atoms with Crippen molar-refractivity contribution < 1.29 is 14.3 Å². The molecule has 2 aromatic rings. The zero-order chi connectivity index (χ0) is 11.7. The fourth-order valence-corrected chi connectivity index (χ4v) is 3.12. The average molecular weight is 301 g/mol. The van der Waals surface area contributed by atoms with Gasteiger partial charge in [-0.2, -0.15) is 0 Å². The van der Waals surface area contributed by atoms with E-state index in [0.717, 1.165) is 14.6 Å². The van der Waals surface area contributed by atoms with Crippen LogP contribution >= 0.6 is 27.3 Å². The molecule has 0 aliphatic heterocycles. The van der Waals surface area contributed by atoms with Crippen molar-refractivity contribution in [1.29, 1.82) is 0 Å². The molecule has 0 saturated carbocycles. The summed E-state index contributed by atoms with van der Waals surface area (Å²) in [5, 5.41) is 0.927. The van der Waals surface area contributed by atoms with Crippen LogP contribution in [0.15, 0.2) is 22.7 Å². The monoisotopic (exact) mass is 300 g/mol. The Labute approximate surface area is 105 Å². The lowest BCUT2D eigenvalue weighted by atomic mass is 10.2. The highest BCUT2D eigenvalue weighted by Crippen LogP contribution is 2.39. The third-order valence-corrected chi connectivity index (χ3v) is 3.79. The average Bonchev–Trinajstić information content (AvgIpc) is 2.65. The maximum absolute atomic E-state index is 11.5. The molecule has 2 rings (SSSR count). The summed E-state index contributed by atoms with van der Waals surface area (Å²) in [6, 6.07) is 5.79. The van der Waals surface area contributed by atoms with E-state index < -0.39 is 0 Å². The highest BCUT2D eigenvalue weighted by atomic mass is 79.9. The summed E-state index contributed by atoms with van der Waals surface area (Å²) in [4.78, 5) is 12.0. The highest BCUT2D eigenvalue weighted by molar-refractivity contribution is 9.10. The van der Waals surface area contributed by atoms with Gasteiger partial charge in [0.05, 0.1) is 14.2 Å². The van der Waals surface area contributed by atoms with E-state index in [9.17, 15) is 4.79 Å². The Morgan fingerprint density at radius 2 is 2.12 bits per heavy atom. The van der Waals surface area contributed by atoms with Gasteiger partial charge in [0.1, 0.15) is 0 Å². The Kier molecular flexibility index (Phi) is 3.16. The van der Waals surface area contributed by atoms with Crippen LogP contribution in [0, 0.1) is 0 Å². The van der Waals surface area contributed by atoms with Gasteiger partial charge in [0.25, 0.3) is 0 Å². The standard InChI is InChI=1S/C11H9BrO3S/c1-14-9-7-4-3-6(12)5-8(7)16-10(9)11(13)15-2/h3-5H,1-2H3. The molecule has 3 nitrogen and oxygen atoms in total. The lowest BCUT2D eigenvalue weighted by Gasteiger charge is -2.00. The summed E-state index contributed by atoms with van der Waals surface area (Å²) in [7, 11) is 2.91. The topological polar surface area (TPSA) is 35.5 Å². The van der Waals surface area contributed by atoms with Crippen molar-refractivity contribution in [3.63, 3.8) is 0 Å². The number of carbonyl (C=O) groups is 1. The second kappa shape index (κ2) is 4.43. The predicted molar refractivity (Wildman–Crippen MR) is 67.4 cm³/mol. The lowest BCUT2D eigenvalue weighted by Crippen LogP contribution is -2.00. The van der Waals surface area contributed by atoms with Crippen LogP contribution in [0.2, 0.25) is 0 Å². The number of rotatable bonds is 2. The van der Waals surface area contributed by atoms with Crippen molar-refractivity contribution in [3.8, 4) is 5.75 Å². The van der Waals surface area contributed by atoms with Crippen LogP contribution in [-0.2, 0) is 4.74 Å². The maximum atomic E-state index is 11.5. The second-order valence-corrected chi connectivity index (χ2v) is 5.06. The quantitative estimate of drug-likeness (QED) is 0.797. The first-order valence-electron chi connectivity index (χ1n) is 4.51. The highest BCUT2D eigenvalue weighted by Gasteiger charge is 2.19. The molecule has 0 fully saturated rings. The van der Waals surface area contributed by atoms with E-state index in [1.165, 1.54) is 18.4 Å². The van der Waals surface area contributed by atoms with Crippen LogP contribution in [0.1, 0.15) is 9.67 Å². The van der Waals surface area contributed by atoms with Gasteiger partial charge in [-0.25, -0.2) is 4.79 Å². The van der Waals surface area contributed by atoms with Gasteiger partial charge in [0, 0.05) is 14.6 Å². The summed E-state index contributed by atoms with van der Waals surface area (Å²) in [6.45, 7) is 0. The lowest BCUT2D eigenvalue weighted by molar-refractivity contribution is 0.0603. The van der Waals surface area contributed by atoms with E-state index >= 15 is 0 Å². The second-order valence-electron chi connectivity index (χ2n) is 3.10. The maximum Gasteiger partial charge on any atom is 0.351 e. The van der Waals surface area contributed by atoms with Crippen molar-refractivity contribution in [2.24, 2.45) is 0 Å². The first-order chi connectivity index (χ1) is 7.67. The van der Waals surface area contributed by atoms with Crippen LogP contribution in [0.4, 0.5) is 0 Å². The van der Waals surface area contributed by atoms with Gasteiger partial charge in [-0.05, 0) is 18.2 Å². The molecule has 0 saturated heterocycles. The molecule has 0 aliphatic rings. The van der Waals surface area contributed by atoms with E-state index in [-0.39, 0.29) is 5.97 Å². The largest absolute Gasteiger partial charge is 0.494 e. The fourth-order valence-electron chi connectivity index (χ4n) is 1.48. The molecule has 0 unspecified atom stereocenters. The van der Waals surface area contributed by atoms with Crippen LogP contribution in [-0.4, -0.2) is 20.2 Å². The predicted octanol–water partition coefficient (Wildman–Crippen LogP) is 3.46. The Balaban J connectivity index is 2.70. The number of esters is 1. The van der Waals surface area contributed by atoms with Gasteiger partial charge in [-0.1, -0.05) is 15.9 Å². The van der Waals surface area contributed by atoms with E-state index in [2.05, 4.69) is 15.9 Å². The van der Waals surface area contributed by atoms with Crippen LogP contribution in [0.5, 0.6) is 5.75 Å². The number of thiophene rings is 1. The third-order valence-electron chi connectivity index (χ3n) is 2.18. The summed E-state index contributed by atoms with van der Waals surface area (Å²) < 4.78 is 11.9. The first kappa shape index (κ1) is 11.4. The van der Waals surface area contributed by atoms with Crippen LogP contribution < -0.4 is 4.74 Å². The Morgan fingerprint density at radius 1 is 1.38 bits per heavy atom. The number of carbonyl (C=O) groups excluding carboxylic acids is 1. The summed E-state index contributed by atoms with van der Waals surface area (Å²) in [5.41, 5.74) is 0. The molecule has 0 spiro atoms. The molecule has 0 N–H and O–H groups in total. The molecular formula is C11H9BrO3S. The number of hydrogen-bond acceptors (Lipinski definition) is 4. The minimum Gasteiger partial charge on any atom is -0.494 e. The molecule has 16 heavy (non-hydrogen) atoms. The van der Waals surface area contributed by atoms with E-state index in [1.807, 2.05) is 18.2 Å². The molecule has 1 heterocycles. The normalized spacial score (nSPS) is 10.4. The summed E-state index contributed by atoms with van der Waals surface area (Å²) >= 11 is 4.76. The number of methoxy groups -OCH3 is 2. The number of ether oxygens (including phenoxy) is 2. The summed E-state index contributed by atoms with van der Waals surface area (Å²) in [6.07, 6.45) is 0. The fraction of sp³-hybridized carbons (Fsp3) is 0.182. The van der Waals surface area contributed by atoms with Crippen molar-refractivity contribution >= 4 is 43.3 Å². The zero-order valence-electron chi connectivity index (χ0n) is 8.74. The zero-order valence-corrected chi connectivity index (χ0v) is 11.1. The van der Waals surface area contributed by atoms with Gasteiger partial charge in [-0.3, -0.25) is 0 Å². The Hall–Kier alpha value is -1.07. The number of halogens is 1. The van der Waals surface area contributed by atoms with Crippen LogP contribution in [0.25, 0.3) is 10.1 Å². The number of benzene rings is 1. The van der Waals surface area contributed by atoms with E-state index in [1.54, 1.807) is 7.11 Å². The number of fused-ring (bicyclic) bond motifs is 1. The van der Waals surface area contributed by atoms with E-state index in [4.69, 9.17) is 9.47 Å². The smallest absolute Gasteiger partial charge is 0.351 e. The van der Waals surface area contributed by atoms with Crippen molar-refractivity contribution in [2.45, 2.75) is 0 Å². The molecular weight excluding hydrogens is 292 g/mol. The molecule has 0 amide bonds. The SMILES string of the molecule is COC(=O)c1sc2cc(Br)ccc2c1OC.